The maximum Gasteiger partial charge on any atom is 0.264 e. The summed E-state index contributed by atoms with van der Waals surface area (Å²) in [5, 5.41) is 13.1. The van der Waals surface area contributed by atoms with Crippen LogP contribution in [0.15, 0.2) is 50.8 Å². The number of phenols is 1. The first-order valence-corrected chi connectivity index (χ1v) is 9.12. The smallest absolute Gasteiger partial charge is 0.264 e. The predicted molar refractivity (Wildman–Crippen MR) is 106 cm³/mol. The molecule has 6 nitrogen and oxygen atoms in total. The largest absolute Gasteiger partial charge is 0.503 e. The minimum atomic E-state index is -0.244. The number of methoxy groups -OCH3 is 2. The Kier molecular flexibility index (Phi) is 5.53. The van der Waals surface area contributed by atoms with Crippen molar-refractivity contribution in [3.05, 3.63) is 51.3 Å². The highest BCUT2D eigenvalue weighted by Gasteiger charge is 2.24. The first-order chi connectivity index (χ1) is 12.5. The van der Waals surface area contributed by atoms with Crippen LogP contribution in [0, 0.1) is 0 Å². The summed E-state index contributed by atoms with van der Waals surface area (Å²) in [5.74, 6) is 0.709. The number of carbonyl (C=O) groups is 1. The molecule has 2 aromatic carbocycles. The van der Waals surface area contributed by atoms with Crippen LogP contribution in [0.2, 0.25) is 0 Å². The molecule has 2 N–H and O–H groups in total. The van der Waals surface area contributed by atoms with Crippen molar-refractivity contribution in [1.82, 2.24) is 5.32 Å². The van der Waals surface area contributed by atoms with Crippen molar-refractivity contribution in [3.63, 3.8) is 0 Å². The number of hydrogen-bond acceptors (Lipinski definition) is 6. The number of rotatable bonds is 4. The molecule has 1 fully saturated rings. The number of nitrogens with one attached hydrogen (secondary N) is 1. The van der Waals surface area contributed by atoms with Crippen LogP contribution in [0.4, 0.5) is 5.69 Å². The second-order valence-electron chi connectivity index (χ2n) is 5.21. The van der Waals surface area contributed by atoms with Crippen LogP contribution < -0.4 is 14.8 Å². The number of amidine groups is 1. The van der Waals surface area contributed by atoms with E-state index in [-0.39, 0.29) is 11.7 Å². The summed E-state index contributed by atoms with van der Waals surface area (Å²) < 4.78 is 10.9. The lowest BCUT2D eigenvalue weighted by molar-refractivity contribution is -0.115. The van der Waals surface area contributed by atoms with Crippen LogP contribution in [0.25, 0.3) is 6.08 Å². The Morgan fingerprint density at radius 3 is 2.65 bits per heavy atom. The third-order valence-corrected chi connectivity index (χ3v) is 5.04. The highest BCUT2D eigenvalue weighted by molar-refractivity contribution is 9.10. The normalized spacial score (nSPS) is 16.8. The topological polar surface area (TPSA) is 80.2 Å². The summed E-state index contributed by atoms with van der Waals surface area (Å²) in [6.07, 6.45) is 1.71. The van der Waals surface area contributed by atoms with Gasteiger partial charge in [-0.15, -0.1) is 0 Å². The lowest BCUT2D eigenvalue weighted by Gasteiger charge is -2.06. The fourth-order valence-electron chi connectivity index (χ4n) is 2.30. The molecular weight excluding hydrogens is 420 g/mol. The van der Waals surface area contributed by atoms with Crippen LogP contribution >= 0.6 is 27.7 Å². The average Bonchev–Trinajstić information content (AvgIpc) is 2.97. The van der Waals surface area contributed by atoms with E-state index in [0.717, 1.165) is 0 Å². The first-order valence-electron chi connectivity index (χ1n) is 7.51. The zero-order valence-electron chi connectivity index (χ0n) is 13.9. The molecule has 2 aromatic rings. The van der Waals surface area contributed by atoms with Gasteiger partial charge >= 0.3 is 0 Å². The van der Waals surface area contributed by atoms with Crippen molar-refractivity contribution in [2.45, 2.75) is 0 Å². The molecule has 0 atom stereocenters. The third kappa shape index (κ3) is 3.86. The van der Waals surface area contributed by atoms with Crippen molar-refractivity contribution >= 4 is 50.5 Å². The van der Waals surface area contributed by atoms with Gasteiger partial charge in [0.1, 0.15) is 11.4 Å². The van der Waals surface area contributed by atoms with Gasteiger partial charge in [0, 0.05) is 0 Å². The summed E-state index contributed by atoms with van der Waals surface area (Å²) >= 11 is 4.50. The number of para-hydroxylation sites is 2. The molecule has 3 rings (SSSR count). The van der Waals surface area contributed by atoms with E-state index in [1.165, 1.54) is 18.9 Å². The Hall–Kier alpha value is -2.45. The molecule has 134 valence electrons. The van der Waals surface area contributed by atoms with Gasteiger partial charge in [-0.1, -0.05) is 12.1 Å². The number of benzene rings is 2. The molecule has 0 aliphatic carbocycles. The van der Waals surface area contributed by atoms with E-state index < -0.39 is 0 Å². The molecule has 0 spiro atoms. The van der Waals surface area contributed by atoms with E-state index in [9.17, 15) is 9.90 Å². The van der Waals surface area contributed by atoms with Crippen LogP contribution in [0.1, 0.15) is 5.56 Å². The number of aromatic hydroxyl groups is 1. The third-order valence-electron chi connectivity index (χ3n) is 3.53. The summed E-state index contributed by atoms with van der Waals surface area (Å²) in [5.41, 5.74) is 1.34. The maximum atomic E-state index is 12.2. The first kappa shape index (κ1) is 18.3. The standard InChI is InChI=1S/C18H15BrN2O4S/c1-24-13-6-4-3-5-12(13)20-18-21-17(23)15(26-18)9-10-7-11(19)16(22)14(8-10)25-2/h3-9,22H,1-2H3,(H,20,21,23)/b15-9-. The molecule has 1 aliphatic rings. The Bertz CT molecular complexity index is 927. The van der Waals surface area contributed by atoms with Gasteiger partial charge < -0.3 is 19.9 Å². The number of nitrogens with zero attached hydrogens (tertiary/aromatic N) is 1. The van der Waals surface area contributed by atoms with E-state index in [2.05, 4.69) is 26.2 Å². The quantitative estimate of drug-likeness (QED) is 0.709. The number of hydrogen-bond donors (Lipinski definition) is 2. The minimum Gasteiger partial charge on any atom is -0.503 e. The van der Waals surface area contributed by atoms with Crippen LogP contribution in [-0.2, 0) is 4.79 Å². The number of carbonyl (C=O) groups excluding carboxylic acids is 1. The summed E-state index contributed by atoms with van der Waals surface area (Å²) in [4.78, 5) is 17.2. The van der Waals surface area contributed by atoms with Crippen molar-refractivity contribution in [2.24, 2.45) is 4.99 Å². The zero-order chi connectivity index (χ0) is 18.7. The van der Waals surface area contributed by atoms with Crippen molar-refractivity contribution in [3.8, 4) is 17.2 Å². The number of thioether (sulfide) groups is 1. The van der Waals surface area contributed by atoms with Gasteiger partial charge in [-0.05, 0) is 63.6 Å². The average molecular weight is 435 g/mol. The van der Waals surface area contributed by atoms with Crippen LogP contribution in [0.3, 0.4) is 0 Å². The molecule has 0 bridgehead atoms. The summed E-state index contributed by atoms with van der Waals surface area (Å²) in [6.45, 7) is 0. The lowest BCUT2D eigenvalue weighted by Crippen LogP contribution is -2.19. The number of amides is 1. The maximum absolute atomic E-state index is 12.2. The fraction of sp³-hybridized carbons (Fsp3) is 0.111. The molecule has 8 heteroatoms. The molecule has 0 aromatic heterocycles. The number of ether oxygens (including phenoxy) is 2. The fourth-order valence-corrected chi connectivity index (χ4v) is 3.59. The number of halogens is 1. The molecular formula is C18H15BrN2O4S. The number of aliphatic imine (C=N–C) groups is 1. The van der Waals surface area contributed by atoms with Crippen molar-refractivity contribution < 1.29 is 19.4 Å². The van der Waals surface area contributed by atoms with E-state index in [1.807, 2.05) is 18.2 Å². The number of phenolic OH excluding ortho intramolecular Hbond substituents is 1. The van der Waals surface area contributed by atoms with E-state index in [4.69, 9.17) is 9.47 Å². The van der Waals surface area contributed by atoms with Crippen LogP contribution in [0.5, 0.6) is 17.2 Å². The van der Waals surface area contributed by atoms with E-state index in [1.54, 1.807) is 31.4 Å². The molecule has 0 saturated carbocycles. The Morgan fingerprint density at radius 2 is 1.92 bits per heavy atom. The molecule has 26 heavy (non-hydrogen) atoms. The highest BCUT2D eigenvalue weighted by atomic mass is 79.9. The van der Waals surface area contributed by atoms with Gasteiger partial charge in [0.2, 0.25) is 0 Å². The van der Waals surface area contributed by atoms with E-state index >= 15 is 0 Å². The lowest BCUT2D eigenvalue weighted by atomic mass is 10.2. The Balaban J connectivity index is 1.90. The molecule has 1 aliphatic heterocycles. The van der Waals surface area contributed by atoms with Gasteiger partial charge in [-0.3, -0.25) is 4.79 Å². The summed E-state index contributed by atoms with van der Waals surface area (Å²) in [6, 6.07) is 10.7. The molecule has 1 heterocycles. The van der Waals surface area contributed by atoms with Gasteiger partial charge in [0.05, 0.1) is 23.6 Å². The second-order valence-corrected chi connectivity index (χ2v) is 7.09. The SMILES string of the molecule is COc1ccccc1N=C1NC(=O)/C(=C/c2cc(Br)c(O)c(OC)c2)S1. The Labute approximate surface area is 163 Å². The van der Waals surface area contributed by atoms with Gasteiger partial charge in [0.25, 0.3) is 5.91 Å². The van der Waals surface area contributed by atoms with Gasteiger partial charge in [-0.2, -0.15) is 0 Å². The molecule has 1 amide bonds. The molecule has 0 unspecified atom stereocenters. The second kappa shape index (κ2) is 7.84. The van der Waals surface area contributed by atoms with Gasteiger partial charge in [0.15, 0.2) is 16.7 Å². The van der Waals surface area contributed by atoms with Crippen molar-refractivity contribution in [2.75, 3.05) is 14.2 Å². The predicted octanol–water partition coefficient (Wildman–Crippen LogP) is 4.06. The minimum absolute atomic E-state index is 0.0107. The Morgan fingerprint density at radius 1 is 1.19 bits per heavy atom. The summed E-state index contributed by atoms with van der Waals surface area (Å²) in [7, 11) is 3.04. The zero-order valence-corrected chi connectivity index (χ0v) is 16.3. The van der Waals surface area contributed by atoms with Gasteiger partial charge in [-0.25, -0.2) is 4.99 Å². The highest BCUT2D eigenvalue weighted by Crippen LogP contribution is 2.37. The monoisotopic (exact) mass is 434 g/mol. The van der Waals surface area contributed by atoms with Crippen molar-refractivity contribution in [1.29, 1.82) is 0 Å². The molecule has 1 saturated heterocycles. The molecule has 0 radical (unpaired) electrons. The van der Waals surface area contributed by atoms with E-state index in [0.29, 0.717) is 37.3 Å². The van der Waals surface area contributed by atoms with Crippen LogP contribution in [-0.4, -0.2) is 30.4 Å².